The summed E-state index contributed by atoms with van der Waals surface area (Å²) in [5, 5.41) is 6.46. The molecule has 0 fully saturated rings. The van der Waals surface area contributed by atoms with Crippen LogP contribution in [0.2, 0.25) is 0 Å². The largest absolute Gasteiger partial charge is 0.357 e. The van der Waals surface area contributed by atoms with Gasteiger partial charge < -0.3 is 15.5 Å². The number of hydrogen-bond donors (Lipinski definition) is 2. The van der Waals surface area contributed by atoms with E-state index in [0.29, 0.717) is 18.5 Å². The van der Waals surface area contributed by atoms with Gasteiger partial charge in [-0.15, -0.1) is 0 Å². The summed E-state index contributed by atoms with van der Waals surface area (Å²) >= 11 is 0. The smallest absolute Gasteiger partial charge is 0.239 e. The molecule has 168 valence electrons. The van der Waals surface area contributed by atoms with Crippen molar-refractivity contribution in [3.05, 3.63) is 71.2 Å². The van der Waals surface area contributed by atoms with E-state index >= 15 is 0 Å². The number of hydrogen-bond acceptors (Lipinski definition) is 4. The molecule has 1 atom stereocenters. The number of halogens is 1. The lowest BCUT2D eigenvalue weighted by molar-refractivity contribution is -0.120. The number of amides is 1. The minimum Gasteiger partial charge on any atom is -0.357 e. The molecule has 32 heavy (non-hydrogen) atoms. The topological polar surface area (TPSA) is 61.4 Å². The van der Waals surface area contributed by atoms with Crippen molar-refractivity contribution in [2.45, 2.75) is 46.1 Å². The summed E-state index contributed by atoms with van der Waals surface area (Å²) in [5.74, 6) is -0.385. The Kier molecular flexibility index (Phi) is 6.04. The van der Waals surface area contributed by atoms with Crippen LogP contribution in [-0.2, 0) is 9.59 Å². The first-order valence-electron chi connectivity index (χ1n) is 11.2. The summed E-state index contributed by atoms with van der Waals surface area (Å²) in [6.07, 6.45) is 1.99. The third kappa shape index (κ3) is 4.40. The highest BCUT2D eigenvalue weighted by atomic mass is 19.1. The number of nitrogens with zero attached hydrogens (tertiary/aromatic N) is 1. The van der Waals surface area contributed by atoms with Gasteiger partial charge in [0.05, 0.1) is 24.0 Å². The molecule has 0 saturated heterocycles. The fourth-order valence-electron chi connectivity index (χ4n) is 4.69. The van der Waals surface area contributed by atoms with Gasteiger partial charge in [0, 0.05) is 24.2 Å². The average molecular weight is 436 g/mol. The van der Waals surface area contributed by atoms with E-state index in [4.69, 9.17) is 0 Å². The second-order valence-corrected chi connectivity index (χ2v) is 9.41. The Hall–Kier alpha value is -3.15. The molecule has 0 aromatic heterocycles. The zero-order chi connectivity index (χ0) is 22.9. The standard InChI is InChI=1S/C26H30FN3O2/c1-4-13-28-23(32)16-30-21-8-6-5-7-19(21)29-20-14-26(2,3)15-22(31)24(20)25(30)17-9-11-18(27)12-10-17/h5-12,25,29H,4,13-16H2,1-3H3,(H,28,32)/t25-/m1/s1. The highest BCUT2D eigenvalue weighted by Gasteiger charge is 2.41. The van der Waals surface area contributed by atoms with Crippen molar-refractivity contribution in [3.63, 3.8) is 0 Å². The lowest BCUT2D eigenvalue weighted by Crippen LogP contribution is -2.42. The molecule has 2 aromatic rings. The van der Waals surface area contributed by atoms with Crippen LogP contribution in [0.1, 0.15) is 51.6 Å². The summed E-state index contributed by atoms with van der Waals surface area (Å²) in [5.41, 5.74) is 3.86. The Labute approximate surface area is 188 Å². The Balaban J connectivity index is 1.90. The van der Waals surface area contributed by atoms with Gasteiger partial charge in [-0.3, -0.25) is 9.59 Å². The monoisotopic (exact) mass is 435 g/mol. The van der Waals surface area contributed by atoms with Crippen LogP contribution in [0.15, 0.2) is 59.8 Å². The molecule has 1 aliphatic heterocycles. The van der Waals surface area contributed by atoms with E-state index in [2.05, 4.69) is 24.5 Å². The van der Waals surface area contributed by atoms with E-state index in [1.54, 1.807) is 12.1 Å². The highest BCUT2D eigenvalue weighted by molar-refractivity contribution is 6.01. The lowest BCUT2D eigenvalue weighted by Gasteiger charge is -2.37. The number of carbonyl (C=O) groups is 2. The van der Waals surface area contributed by atoms with Crippen LogP contribution in [-0.4, -0.2) is 24.8 Å². The predicted molar refractivity (Wildman–Crippen MR) is 125 cm³/mol. The Morgan fingerprint density at radius 3 is 2.59 bits per heavy atom. The van der Waals surface area contributed by atoms with E-state index in [0.717, 1.165) is 35.5 Å². The summed E-state index contributed by atoms with van der Waals surface area (Å²) < 4.78 is 13.8. The van der Waals surface area contributed by atoms with Crippen molar-refractivity contribution in [1.82, 2.24) is 5.32 Å². The second-order valence-electron chi connectivity index (χ2n) is 9.41. The van der Waals surface area contributed by atoms with Gasteiger partial charge >= 0.3 is 0 Å². The number of anilines is 2. The van der Waals surface area contributed by atoms with Gasteiger partial charge in [-0.05, 0) is 48.1 Å². The number of allylic oxidation sites excluding steroid dienone is 1. The molecule has 2 aliphatic rings. The fourth-order valence-corrected chi connectivity index (χ4v) is 4.69. The molecule has 2 aromatic carbocycles. The number of para-hydroxylation sites is 2. The van der Waals surface area contributed by atoms with Gasteiger partial charge in [0.25, 0.3) is 0 Å². The molecule has 5 nitrogen and oxygen atoms in total. The molecule has 0 saturated carbocycles. The molecule has 0 bridgehead atoms. The highest BCUT2D eigenvalue weighted by Crippen LogP contribution is 2.48. The summed E-state index contributed by atoms with van der Waals surface area (Å²) in [6.45, 7) is 6.88. The van der Waals surface area contributed by atoms with Crippen molar-refractivity contribution in [1.29, 1.82) is 0 Å². The first-order valence-corrected chi connectivity index (χ1v) is 11.2. The molecular formula is C26H30FN3O2. The minimum absolute atomic E-state index is 0.0600. The number of fused-ring (bicyclic) bond motifs is 1. The third-order valence-electron chi connectivity index (χ3n) is 6.08. The number of benzene rings is 2. The van der Waals surface area contributed by atoms with Crippen molar-refractivity contribution >= 4 is 23.1 Å². The predicted octanol–water partition coefficient (Wildman–Crippen LogP) is 4.97. The second kappa shape index (κ2) is 8.77. The molecule has 1 heterocycles. The van der Waals surface area contributed by atoms with Gasteiger partial charge in [0.1, 0.15) is 5.82 Å². The Bertz CT molecular complexity index is 1060. The minimum atomic E-state index is -0.488. The van der Waals surface area contributed by atoms with Crippen molar-refractivity contribution in [3.8, 4) is 0 Å². The zero-order valence-electron chi connectivity index (χ0n) is 18.9. The average Bonchev–Trinajstić information content (AvgIpc) is 2.87. The Morgan fingerprint density at radius 2 is 1.88 bits per heavy atom. The molecule has 0 spiro atoms. The van der Waals surface area contributed by atoms with E-state index in [1.807, 2.05) is 36.1 Å². The van der Waals surface area contributed by atoms with Crippen LogP contribution in [0.4, 0.5) is 15.8 Å². The van der Waals surface area contributed by atoms with Crippen molar-refractivity contribution in [2.75, 3.05) is 23.3 Å². The molecule has 6 heteroatoms. The maximum absolute atomic E-state index is 13.8. The van der Waals surface area contributed by atoms with Gasteiger partial charge in [0.2, 0.25) is 5.91 Å². The lowest BCUT2D eigenvalue weighted by atomic mass is 9.73. The normalized spacial score (nSPS) is 19.6. The first kappa shape index (κ1) is 22.1. The molecule has 1 aliphatic carbocycles. The van der Waals surface area contributed by atoms with Gasteiger partial charge in [-0.1, -0.05) is 45.0 Å². The third-order valence-corrected chi connectivity index (χ3v) is 6.08. The van der Waals surface area contributed by atoms with Crippen molar-refractivity contribution in [2.24, 2.45) is 5.41 Å². The number of Topliss-reactive ketones (excluding diaryl/α,β-unsaturated/α-hetero) is 1. The van der Waals surface area contributed by atoms with Gasteiger partial charge in [-0.2, -0.15) is 0 Å². The fraction of sp³-hybridized carbons (Fsp3) is 0.385. The summed E-state index contributed by atoms with van der Waals surface area (Å²) in [7, 11) is 0. The molecule has 0 unspecified atom stereocenters. The molecular weight excluding hydrogens is 405 g/mol. The van der Waals surface area contributed by atoms with Gasteiger partial charge in [-0.25, -0.2) is 4.39 Å². The number of ketones is 1. The van der Waals surface area contributed by atoms with Crippen LogP contribution in [0.3, 0.4) is 0 Å². The molecule has 2 N–H and O–H groups in total. The van der Waals surface area contributed by atoms with Gasteiger partial charge in [0.15, 0.2) is 5.78 Å². The maximum atomic E-state index is 13.8. The SMILES string of the molecule is CCCNC(=O)CN1c2ccccc2NC2=C(C(=O)CC(C)(C)C2)[C@H]1c1ccc(F)cc1. The van der Waals surface area contributed by atoms with E-state index < -0.39 is 6.04 Å². The van der Waals surface area contributed by atoms with Crippen LogP contribution < -0.4 is 15.5 Å². The van der Waals surface area contributed by atoms with Crippen LogP contribution in [0, 0.1) is 11.2 Å². The molecule has 1 amide bonds. The number of nitrogens with one attached hydrogen (secondary N) is 2. The van der Waals surface area contributed by atoms with Crippen LogP contribution >= 0.6 is 0 Å². The van der Waals surface area contributed by atoms with Crippen molar-refractivity contribution < 1.29 is 14.0 Å². The first-order chi connectivity index (χ1) is 15.3. The quantitative estimate of drug-likeness (QED) is 0.696. The van der Waals surface area contributed by atoms with E-state index in [1.165, 1.54) is 12.1 Å². The van der Waals surface area contributed by atoms with E-state index in [-0.39, 0.29) is 29.5 Å². The zero-order valence-corrected chi connectivity index (χ0v) is 18.9. The molecule has 0 radical (unpaired) electrons. The Morgan fingerprint density at radius 1 is 1.16 bits per heavy atom. The molecule has 4 rings (SSSR count). The maximum Gasteiger partial charge on any atom is 0.239 e. The van der Waals surface area contributed by atoms with Crippen LogP contribution in [0.5, 0.6) is 0 Å². The number of carbonyl (C=O) groups excluding carboxylic acids is 2. The van der Waals surface area contributed by atoms with E-state index in [9.17, 15) is 14.0 Å². The van der Waals surface area contributed by atoms with Crippen LogP contribution in [0.25, 0.3) is 0 Å². The summed E-state index contributed by atoms with van der Waals surface area (Å²) in [6, 6.07) is 13.5. The number of rotatable bonds is 5. The summed E-state index contributed by atoms with van der Waals surface area (Å²) in [4.78, 5) is 28.3.